The van der Waals surface area contributed by atoms with Crippen molar-refractivity contribution in [1.82, 2.24) is 0 Å². The molecule has 3 aliphatic heterocycles. The lowest BCUT2D eigenvalue weighted by atomic mass is 9.80. The lowest BCUT2D eigenvalue weighted by Crippen LogP contribution is -2.65. The van der Waals surface area contributed by atoms with Gasteiger partial charge in [-0.15, -0.1) is 0 Å². The van der Waals surface area contributed by atoms with Crippen molar-refractivity contribution in [2.75, 3.05) is 19.8 Å². The van der Waals surface area contributed by atoms with E-state index in [1.54, 1.807) is 0 Å². The van der Waals surface area contributed by atoms with Crippen molar-refractivity contribution in [3.05, 3.63) is 323 Å². The number of carbonyl (C=O) groups is 3. The summed E-state index contributed by atoms with van der Waals surface area (Å²) in [5.41, 5.74) is 3.61. The third kappa shape index (κ3) is 11.9. The molecule has 9 atom stereocenters. The molecule has 0 aliphatic carbocycles. The summed E-state index contributed by atoms with van der Waals surface area (Å²) in [5.74, 6) is -4.19. The van der Waals surface area contributed by atoms with Gasteiger partial charge in [-0.2, -0.15) is 0 Å². The van der Waals surface area contributed by atoms with E-state index in [2.05, 4.69) is 0 Å². The molecule has 0 bridgehead atoms. The summed E-state index contributed by atoms with van der Waals surface area (Å²) in [6.07, 6.45) is -9.87. The minimum atomic E-state index is -1.93. The highest BCUT2D eigenvalue weighted by Crippen LogP contribution is 2.53. The van der Waals surface area contributed by atoms with Crippen molar-refractivity contribution in [2.45, 2.75) is 92.4 Å². The van der Waals surface area contributed by atoms with E-state index >= 15 is 0 Å². The second-order valence-electron chi connectivity index (χ2n) is 22.1. The number of epoxide rings is 1. The summed E-state index contributed by atoms with van der Waals surface area (Å²) >= 11 is 0. The number of hydrogen-bond donors (Lipinski definition) is 0. The fourth-order valence-corrected chi connectivity index (χ4v) is 12.7. The van der Waals surface area contributed by atoms with E-state index in [9.17, 15) is 14.4 Å². The SMILES string of the molecule is CC(=O)O[C@@H]1[C@@H](OC(C)=O)[C@@H](O[C@]2(COC(c3ccccc3)(c3ccccc3)c3ccccc3)O[C@H](COC(c3ccccc3)(c3ccccc3)c3ccccc3)[C@H]3O[C@@H]32)O[C@H](COC(c2ccccc2)(c2ccccc2)c2ccccc2)[C@H]1OC(C)=O. The summed E-state index contributed by atoms with van der Waals surface area (Å²) in [7, 11) is 0. The molecule has 88 heavy (non-hydrogen) atoms. The minimum Gasteiger partial charge on any atom is -0.456 e. The van der Waals surface area contributed by atoms with Gasteiger partial charge in [0.25, 0.3) is 0 Å². The van der Waals surface area contributed by atoms with Gasteiger partial charge in [0.1, 0.15) is 47.8 Å². The molecule has 0 radical (unpaired) electrons. The first-order chi connectivity index (χ1) is 43.0. The van der Waals surface area contributed by atoms with Crippen LogP contribution in [0.4, 0.5) is 0 Å². The van der Waals surface area contributed by atoms with Gasteiger partial charge in [0.15, 0.2) is 18.3 Å². The second-order valence-corrected chi connectivity index (χ2v) is 22.1. The Morgan fingerprint density at radius 3 is 0.932 bits per heavy atom. The van der Waals surface area contributed by atoms with E-state index in [1.807, 2.05) is 273 Å². The van der Waals surface area contributed by atoms with Crippen molar-refractivity contribution in [2.24, 2.45) is 0 Å². The van der Waals surface area contributed by atoms with Crippen molar-refractivity contribution in [3.63, 3.8) is 0 Å². The van der Waals surface area contributed by atoms with E-state index in [4.69, 9.17) is 47.4 Å². The molecule has 3 fully saturated rings. The predicted molar refractivity (Wildman–Crippen MR) is 328 cm³/mol. The van der Waals surface area contributed by atoms with Crippen LogP contribution in [0.3, 0.4) is 0 Å². The Hall–Kier alpha value is -8.89. The number of hydrogen-bond acceptors (Lipinski definition) is 13. The highest BCUT2D eigenvalue weighted by atomic mass is 16.8. The molecular formula is C75H68O13. The Balaban J connectivity index is 0.994. The monoisotopic (exact) mass is 1180 g/mol. The van der Waals surface area contributed by atoms with Crippen LogP contribution >= 0.6 is 0 Å². The van der Waals surface area contributed by atoms with Crippen LogP contribution in [0.2, 0.25) is 0 Å². The largest absolute Gasteiger partial charge is 0.456 e. The standard InChI is InChI=1S/C75H68O13/c1-52(76)82-66-64(49-79-73(55-31-13-4-14-32-55,56-33-15-5-16-34-56)57-35-17-6-18-36-57)85-71(69(84-54(3)78)68(66)83-53(2)77)88-72(51-81-75(61-43-25-10-26-44-61,62-45-27-11-28-46-62)63-47-29-12-30-48-63)70-67(86-70)65(87-72)50-80-74(58-37-19-7-20-38-58,59-39-21-8-22-40-59)60-41-23-9-24-42-60/h4-48,64-71H,49-51H2,1-3H3/t64-,65-,66-,67-,68+,69-,70+,71-,72+/m1/s1. The van der Waals surface area contributed by atoms with Crippen molar-refractivity contribution < 1.29 is 61.8 Å². The van der Waals surface area contributed by atoms with Crippen LogP contribution in [0.1, 0.15) is 70.8 Å². The second kappa shape index (κ2) is 26.2. The molecule has 0 aromatic heterocycles. The lowest BCUT2D eigenvalue weighted by molar-refractivity contribution is -0.389. The van der Waals surface area contributed by atoms with E-state index in [1.165, 1.54) is 20.8 Å². The summed E-state index contributed by atoms with van der Waals surface area (Å²) in [6, 6.07) is 89.1. The zero-order valence-electron chi connectivity index (χ0n) is 49.0. The third-order valence-electron chi connectivity index (χ3n) is 16.5. The molecule has 0 N–H and O–H groups in total. The molecule has 12 rings (SSSR count). The maximum absolute atomic E-state index is 13.6. The average Bonchev–Trinajstić information content (AvgIpc) is 1.62. The molecule has 0 unspecified atom stereocenters. The van der Waals surface area contributed by atoms with Gasteiger partial charge >= 0.3 is 17.9 Å². The summed E-state index contributed by atoms with van der Waals surface area (Å²) in [6.45, 7) is 2.98. The zero-order chi connectivity index (χ0) is 60.6. The van der Waals surface area contributed by atoms with E-state index in [0.29, 0.717) is 0 Å². The van der Waals surface area contributed by atoms with Crippen molar-refractivity contribution >= 4 is 17.9 Å². The molecule has 0 saturated carbocycles. The van der Waals surface area contributed by atoms with Gasteiger partial charge in [0, 0.05) is 20.8 Å². The van der Waals surface area contributed by atoms with Crippen molar-refractivity contribution in [1.29, 1.82) is 0 Å². The number of esters is 3. The van der Waals surface area contributed by atoms with Crippen LogP contribution in [0, 0.1) is 0 Å². The van der Waals surface area contributed by atoms with E-state index < -0.39 is 89.5 Å². The Bertz CT molecular complexity index is 3430. The smallest absolute Gasteiger partial charge is 0.303 e. The van der Waals surface area contributed by atoms with Crippen LogP contribution < -0.4 is 0 Å². The molecule has 446 valence electrons. The number of carbonyl (C=O) groups excluding carboxylic acids is 3. The first-order valence-corrected chi connectivity index (χ1v) is 29.6. The van der Waals surface area contributed by atoms with Crippen LogP contribution in [0.15, 0.2) is 273 Å². The molecule has 9 aromatic carbocycles. The molecule has 3 heterocycles. The van der Waals surface area contributed by atoms with Crippen LogP contribution in [0.25, 0.3) is 0 Å². The molecule has 3 aliphatic rings. The van der Waals surface area contributed by atoms with Gasteiger partial charge in [0.2, 0.25) is 12.1 Å². The quantitative estimate of drug-likeness (QED) is 0.0259. The van der Waals surface area contributed by atoms with Gasteiger partial charge in [-0.05, 0) is 50.1 Å². The van der Waals surface area contributed by atoms with Gasteiger partial charge in [-0.25, -0.2) is 0 Å². The Morgan fingerprint density at radius 2 is 0.625 bits per heavy atom. The summed E-state index contributed by atoms with van der Waals surface area (Å²) in [5, 5.41) is 0. The van der Waals surface area contributed by atoms with E-state index in [0.717, 1.165) is 50.1 Å². The Labute approximate surface area is 512 Å². The molecule has 0 spiro atoms. The molecule has 3 saturated heterocycles. The Kier molecular flexibility index (Phi) is 17.7. The maximum Gasteiger partial charge on any atom is 0.303 e. The fourth-order valence-electron chi connectivity index (χ4n) is 12.7. The number of benzene rings is 9. The third-order valence-corrected chi connectivity index (χ3v) is 16.5. The van der Waals surface area contributed by atoms with Crippen molar-refractivity contribution in [3.8, 4) is 0 Å². The van der Waals surface area contributed by atoms with Crippen LogP contribution in [0.5, 0.6) is 0 Å². The van der Waals surface area contributed by atoms with Crippen LogP contribution in [-0.4, -0.2) is 92.5 Å². The maximum atomic E-state index is 13.6. The normalized spacial score (nSPS) is 22.4. The summed E-state index contributed by atoms with van der Waals surface area (Å²) in [4.78, 5) is 40.6. The number of fused-ring (bicyclic) bond motifs is 1. The van der Waals surface area contributed by atoms with Crippen LogP contribution in [-0.2, 0) is 78.6 Å². The van der Waals surface area contributed by atoms with Gasteiger partial charge < -0.3 is 47.4 Å². The highest BCUT2D eigenvalue weighted by molar-refractivity contribution is 5.68. The first kappa shape index (κ1) is 59.4. The predicted octanol–water partition coefficient (Wildman–Crippen LogP) is 12.4. The molecular weight excluding hydrogens is 1110 g/mol. The molecule has 13 nitrogen and oxygen atoms in total. The molecule has 13 heteroatoms. The van der Waals surface area contributed by atoms with Gasteiger partial charge in [0.05, 0.1) is 13.2 Å². The number of ether oxygens (including phenoxy) is 10. The fraction of sp³-hybridized carbons (Fsp3) is 0.240. The Morgan fingerprint density at radius 1 is 0.352 bits per heavy atom. The topological polar surface area (TPSA) is 147 Å². The lowest BCUT2D eigenvalue weighted by Gasteiger charge is -2.48. The summed E-state index contributed by atoms with van der Waals surface area (Å²) < 4.78 is 69.9. The minimum absolute atomic E-state index is 0.0351. The molecule has 0 amide bonds. The zero-order valence-corrected chi connectivity index (χ0v) is 49.0. The molecule has 9 aromatic rings. The average molecular weight is 1180 g/mol. The van der Waals surface area contributed by atoms with Gasteiger partial charge in [-0.1, -0.05) is 273 Å². The number of rotatable bonds is 23. The first-order valence-electron chi connectivity index (χ1n) is 29.6. The van der Waals surface area contributed by atoms with Gasteiger partial charge in [-0.3, -0.25) is 14.4 Å². The van der Waals surface area contributed by atoms with E-state index in [-0.39, 0.29) is 19.8 Å². The highest BCUT2D eigenvalue weighted by Gasteiger charge is 2.71.